The lowest BCUT2D eigenvalue weighted by Gasteiger charge is -2.12. The summed E-state index contributed by atoms with van der Waals surface area (Å²) >= 11 is 0. The summed E-state index contributed by atoms with van der Waals surface area (Å²) in [4.78, 5) is 17.3. The molecule has 31 heavy (non-hydrogen) atoms. The Balaban J connectivity index is 1.41. The molecule has 1 amide bonds. The van der Waals surface area contributed by atoms with Crippen molar-refractivity contribution in [1.82, 2.24) is 4.98 Å². The Hall–Kier alpha value is -3.92. The Kier molecular flexibility index (Phi) is 6.38. The van der Waals surface area contributed by atoms with Gasteiger partial charge in [0.1, 0.15) is 0 Å². The molecule has 0 atom stereocenters. The second kappa shape index (κ2) is 9.72. The molecule has 0 saturated heterocycles. The highest BCUT2D eigenvalue weighted by molar-refractivity contribution is 6.08. The third-order valence-corrected chi connectivity index (χ3v) is 5.08. The minimum atomic E-state index is -0.116. The summed E-state index contributed by atoms with van der Waals surface area (Å²) in [6.45, 7) is 2.83. The zero-order valence-electron chi connectivity index (χ0n) is 17.5. The molecule has 0 aliphatic carbocycles. The number of amides is 1. The van der Waals surface area contributed by atoms with Crippen molar-refractivity contribution in [2.75, 3.05) is 17.2 Å². The fraction of sp³-hybridized carbons (Fsp3) is 0.111. The van der Waals surface area contributed by atoms with Crippen molar-refractivity contribution in [3.63, 3.8) is 0 Å². The summed E-state index contributed by atoms with van der Waals surface area (Å²) in [5.74, 6) is -0.116. The normalized spacial score (nSPS) is 10.5. The number of pyridine rings is 1. The van der Waals surface area contributed by atoms with Crippen molar-refractivity contribution >= 4 is 17.3 Å². The van der Waals surface area contributed by atoms with Crippen LogP contribution in [0.25, 0.3) is 11.1 Å². The molecule has 0 saturated carbocycles. The average molecular weight is 408 g/mol. The summed E-state index contributed by atoms with van der Waals surface area (Å²) in [6, 6.07) is 29.6. The van der Waals surface area contributed by atoms with E-state index in [0.717, 1.165) is 46.7 Å². The first-order chi connectivity index (χ1) is 15.2. The van der Waals surface area contributed by atoms with Crippen LogP contribution in [0.3, 0.4) is 0 Å². The molecule has 0 spiro atoms. The summed E-state index contributed by atoms with van der Waals surface area (Å²) in [6.07, 6.45) is 2.67. The Morgan fingerprint density at radius 2 is 1.58 bits per heavy atom. The quantitative estimate of drug-likeness (QED) is 0.397. The first-order valence-electron chi connectivity index (χ1n) is 10.4. The summed E-state index contributed by atoms with van der Waals surface area (Å²) in [5.41, 5.74) is 6.58. The van der Waals surface area contributed by atoms with E-state index >= 15 is 0 Å². The summed E-state index contributed by atoms with van der Waals surface area (Å²) in [7, 11) is 0. The summed E-state index contributed by atoms with van der Waals surface area (Å²) < 4.78 is 0. The molecule has 2 N–H and O–H groups in total. The minimum absolute atomic E-state index is 0.116. The van der Waals surface area contributed by atoms with Crippen molar-refractivity contribution in [2.45, 2.75) is 13.3 Å². The Morgan fingerprint density at radius 3 is 2.32 bits per heavy atom. The van der Waals surface area contributed by atoms with E-state index in [-0.39, 0.29) is 5.91 Å². The molecule has 1 heterocycles. The van der Waals surface area contributed by atoms with Crippen molar-refractivity contribution < 1.29 is 4.79 Å². The van der Waals surface area contributed by atoms with Gasteiger partial charge in [0.2, 0.25) is 0 Å². The zero-order chi connectivity index (χ0) is 21.5. The number of aryl methyl sites for hydroxylation is 1. The predicted octanol–water partition coefficient (Wildman–Crippen LogP) is 5.96. The first kappa shape index (κ1) is 20.4. The Bertz CT molecular complexity index is 1140. The van der Waals surface area contributed by atoms with E-state index in [1.54, 1.807) is 0 Å². The van der Waals surface area contributed by atoms with Crippen molar-refractivity contribution in [1.29, 1.82) is 0 Å². The van der Waals surface area contributed by atoms with Gasteiger partial charge < -0.3 is 10.6 Å². The molecule has 4 rings (SSSR count). The van der Waals surface area contributed by atoms with Crippen LogP contribution in [0.5, 0.6) is 0 Å². The number of hydrogen-bond acceptors (Lipinski definition) is 3. The number of carbonyl (C=O) groups excluding carboxylic acids is 1. The topological polar surface area (TPSA) is 54.0 Å². The second-order valence-corrected chi connectivity index (χ2v) is 7.44. The third kappa shape index (κ3) is 5.37. The number of rotatable bonds is 7. The SMILES string of the molecule is Cc1ccc(C(=O)Nc2ccc(NCCc3ccccn3)cc2)c(-c2ccccc2)c1. The molecule has 4 nitrogen and oxygen atoms in total. The van der Waals surface area contributed by atoms with E-state index < -0.39 is 0 Å². The molecule has 154 valence electrons. The van der Waals surface area contributed by atoms with Gasteiger partial charge in [-0.15, -0.1) is 0 Å². The van der Waals surface area contributed by atoms with Crippen LogP contribution in [0.15, 0.2) is 97.2 Å². The number of hydrogen-bond donors (Lipinski definition) is 2. The van der Waals surface area contributed by atoms with E-state index in [1.807, 2.05) is 98.0 Å². The number of aromatic nitrogens is 1. The van der Waals surface area contributed by atoms with Gasteiger partial charge >= 0.3 is 0 Å². The lowest BCUT2D eigenvalue weighted by Crippen LogP contribution is -2.13. The number of nitrogens with zero attached hydrogens (tertiary/aromatic N) is 1. The van der Waals surface area contributed by atoms with Gasteiger partial charge in [0.25, 0.3) is 5.91 Å². The van der Waals surface area contributed by atoms with Crippen LogP contribution in [0, 0.1) is 6.92 Å². The van der Waals surface area contributed by atoms with Gasteiger partial charge in [-0.2, -0.15) is 0 Å². The number of benzene rings is 3. The van der Waals surface area contributed by atoms with Crippen LogP contribution in [0.4, 0.5) is 11.4 Å². The number of anilines is 2. The van der Waals surface area contributed by atoms with Crippen LogP contribution in [0.1, 0.15) is 21.6 Å². The molecule has 4 heteroatoms. The molecular weight excluding hydrogens is 382 g/mol. The van der Waals surface area contributed by atoms with Gasteiger partial charge in [-0.05, 0) is 60.5 Å². The van der Waals surface area contributed by atoms with Gasteiger partial charge in [-0.3, -0.25) is 9.78 Å². The minimum Gasteiger partial charge on any atom is -0.385 e. The highest BCUT2D eigenvalue weighted by Crippen LogP contribution is 2.26. The highest BCUT2D eigenvalue weighted by atomic mass is 16.1. The maximum Gasteiger partial charge on any atom is 0.256 e. The highest BCUT2D eigenvalue weighted by Gasteiger charge is 2.13. The summed E-state index contributed by atoms with van der Waals surface area (Å²) in [5, 5.41) is 6.41. The molecule has 0 unspecified atom stereocenters. The van der Waals surface area contributed by atoms with E-state index in [9.17, 15) is 4.79 Å². The van der Waals surface area contributed by atoms with Crippen LogP contribution in [0.2, 0.25) is 0 Å². The molecule has 0 radical (unpaired) electrons. The fourth-order valence-electron chi connectivity index (χ4n) is 3.46. The molecule has 0 aliphatic rings. The van der Waals surface area contributed by atoms with Crippen molar-refractivity contribution in [2.24, 2.45) is 0 Å². The molecule has 4 aromatic rings. The number of carbonyl (C=O) groups is 1. The average Bonchev–Trinajstić information content (AvgIpc) is 2.81. The molecule has 1 aromatic heterocycles. The maximum atomic E-state index is 13.0. The van der Waals surface area contributed by atoms with E-state index in [2.05, 4.69) is 21.7 Å². The Morgan fingerprint density at radius 1 is 0.839 bits per heavy atom. The van der Waals surface area contributed by atoms with Gasteiger partial charge in [-0.1, -0.05) is 54.1 Å². The van der Waals surface area contributed by atoms with Crippen molar-refractivity contribution in [3.8, 4) is 11.1 Å². The number of nitrogens with one attached hydrogen (secondary N) is 2. The van der Waals surface area contributed by atoms with E-state index in [1.165, 1.54) is 0 Å². The van der Waals surface area contributed by atoms with Gasteiger partial charge in [0.15, 0.2) is 0 Å². The monoisotopic (exact) mass is 407 g/mol. The molecule has 0 fully saturated rings. The van der Waals surface area contributed by atoms with Gasteiger partial charge in [0.05, 0.1) is 0 Å². The van der Waals surface area contributed by atoms with Crippen LogP contribution < -0.4 is 10.6 Å². The van der Waals surface area contributed by atoms with Crippen LogP contribution >= 0.6 is 0 Å². The zero-order valence-corrected chi connectivity index (χ0v) is 17.5. The predicted molar refractivity (Wildman–Crippen MR) is 127 cm³/mol. The van der Waals surface area contributed by atoms with Crippen LogP contribution in [-0.2, 0) is 6.42 Å². The lowest BCUT2D eigenvalue weighted by molar-refractivity contribution is 0.102. The second-order valence-electron chi connectivity index (χ2n) is 7.44. The standard InChI is InChI=1S/C27H25N3O/c1-20-10-15-25(26(19-20)21-7-3-2-4-8-21)27(31)30-24-13-11-23(12-14-24)29-18-16-22-9-5-6-17-28-22/h2-15,17,19,29H,16,18H2,1H3,(H,30,31). The molecule has 0 bridgehead atoms. The smallest absolute Gasteiger partial charge is 0.256 e. The van der Waals surface area contributed by atoms with E-state index in [4.69, 9.17) is 0 Å². The first-order valence-corrected chi connectivity index (χ1v) is 10.4. The molecule has 3 aromatic carbocycles. The third-order valence-electron chi connectivity index (χ3n) is 5.08. The maximum absolute atomic E-state index is 13.0. The Labute approximate surface area is 183 Å². The molecular formula is C27H25N3O. The fourth-order valence-corrected chi connectivity index (χ4v) is 3.46. The van der Waals surface area contributed by atoms with E-state index in [0.29, 0.717) is 5.56 Å². The van der Waals surface area contributed by atoms with Crippen molar-refractivity contribution in [3.05, 3.63) is 114 Å². The van der Waals surface area contributed by atoms with Crippen LogP contribution in [-0.4, -0.2) is 17.4 Å². The lowest BCUT2D eigenvalue weighted by atomic mass is 9.97. The molecule has 0 aliphatic heterocycles. The largest absolute Gasteiger partial charge is 0.385 e. The van der Waals surface area contributed by atoms with Gasteiger partial charge in [-0.25, -0.2) is 0 Å². The van der Waals surface area contributed by atoms with Gasteiger partial charge in [0, 0.05) is 41.8 Å².